The number of ether oxygens (including phenoxy) is 1. The third-order valence-electron chi connectivity index (χ3n) is 5.01. The molecule has 3 rings (SSSR count). The number of carbonyl (C=O) groups excluding carboxylic acids is 1. The van der Waals surface area contributed by atoms with Gasteiger partial charge in [0.1, 0.15) is 5.75 Å². The number of benzene rings is 1. The number of amides is 1. The SMILES string of the molecule is CC1(C)CCN([C@H]2CN(C(=O)Oc3ccc(Cl)cc3)CC(F)(F)C2)S1(=O)=O. The van der Waals surface area contributed by atoms with Gasteiger partial charge in [0, 0.05) is 30.6 Å². The van der Waals surface area contributed by atoms with Gasteiger partial charge in [-0.05, 0) is 44.5 Å². The van der Waals surface area contributed by atoms with Crippen molar-refractivity contribution in [3.8, 4) is 5.75 Å². The second-order valence-corrected chi connectivity index (χ2v) is 10.5. The Balaban J connectivity index is 1.77. The van der Waals surface area contributed by atoms with Crippen LogP contribution in [0.2, 0.25) is 5.02 Å². The molecule has 0 spiro atoms. The average molecular weight is 423 g/mol. The van der Waals surface area contributed by atoms with Gasteiger partial charge in [0.2, 0.25) is 10.0 Å². The highest BCUT2D eigenvalue weighted by Crippen LogP contribution is 2.38. The molecule has 2 heterocycles. The number of alkyl halides is 2. The van der Waals surface area contributed by atoms with Crippen LogP contribution in [0.25, 0.3) is 0 Å². The summed E-state index contributed by atoms with van der Waals surface area (Å²) in [7, 11) is -3.72. The monoisotopic (exact) mass is 422 g/mol. The summed E-state index contributed by atoms with van der Waals surface area (Å²) in [4.78, 5) is 13.2. The van der Waals surface area contributed by atoms with Crippen LogP contribution in [0.5, 0.6) is 5.75 Å². The molecule has 1 aromatic carbocycles. The molecule has 27 heavy (non-hydrogen) atoms. The van der Waals surface area contributed by atoms with E-state index in [-0.39, 0.29) is 18.8 Å². The number of nitrogens with zero attached hydrogens (tertiary/aromatic N) is 2. The number of rotatable bonds is 2. The highest BCUT2D eigenvalue weighted by Gasteiger charge is 2.53. The fourth-order valence-corrected chi connectivity index (χ4v) is 5.37. The molecule has 0 aromatic heterocycles. The van der Waals surface area contributed by atoms with E-state index < -0.39 is 45.8 Å². The molecule has 1 aromatic rings. The molecule has 2 aliphatic rings. The van der Waals surface area contributed by atoms with Crippen LogP contribution in [0.1, 0.15) is 26.7 Å². The Hall–Kier alpha value is -1.45. The van der Waals surface area contributed by atoms with E-state index in [0.717, 1.165) is 9.21 Å². The van der Waals surface area contributed by atoms with Crippen LogP contribution in [-0.2, 0) is 10.0 Å². The summed E-state index contributed by atoms with van der Waals surface area (Å²) in [6.45, 7) is 2.37. The number of carbonyl (C=O) groups is 1. The third-order valence-corrected chi connectivity index (χ3v) is 7.96. The molecule has 10 heteroatoms. The Bertz CT molecular complexity index is 830. The smallest absolute Gasteiger partial charge is 0.410 e. The molecule has 6 nitrogen and oxygen atoms in total. The van der Waals surface area contributed by atoms with Crippen LogP contribution in [0, 0.1) is 0 Å². The number of sulfonamides is 1. The number of piperidine rings is 1. The van der Waals surface area contributed by atoms with Crippen molar-refractivity contribution in [1.82, 2.24) is 9.21 Å². The zero-order chi connectivity index (χ0) is 20.0. The highest BCUT2D eigenvalue weighted by atomic mass is 35.5. The molecule has 0 bridgehead atoms. The van der Waals surface area contributed by atoms with Crippen LogP contribution in [0.4, 0.5) is 13.6 Å². The van der Waals surface area contributed by atoms with E-state index in [0.29, 0.717) is 11.4 Å². The van der Waals surface area contributed by atoms with Crippen LogP contribution < -0.4 is 4.74 Å². The van der Waals surface area contributed by atoms with E-state index in [9.17, 15) is 22.0 Å². The first-order chi connectivity index (χ1) is 12.4. The minimum absolute atomic E-state index is 0.142. The molecule has 0 aliphatic carbocycles. The van der Waals surface area contributed by atoms with E-state index in [4.69, 9.17) is 16.3 Å². The van der Waals surface area contributed by atoms with Gasteiger partial charge in [-0.2, -0.15) is 4.31 Å². The summed E-state index contributed by atoms with van der Waals surface area (Å²) in [5.41, 5.74) is 0. The quantitative estimate of drug-likeness (QED) is 0.733. The fourth-order valence-electron chi connectivity index (χ4n) is 3.40. The van der Waals surface area contributed by atoms with Crippen LogP contribution >= 0.6 is 11.6 Å². The van der Waals surface area contributed by atoms with Crippen molar-refractivity contribution in [2.45, 2.75) is 43.4 Å². The predicted molar refractivity (Wildman–Crippen MR) is 96.7 cm³/mol. The molecule has 2 aliphatic heterocycles. The molecule has 0 radical (unpaired) electrons. The largest absolute Gasteiger partial charge is 0.415 e. The Morgan fingerprint density at radius 2 is 1.89 bits per heavy atom. The van der Waals surface area contributed by atoms with Crippen molar-refractivity contribution < 1.29 is 26.7 Å². The van der Waals surface area contributed by atoms with Crippen LogP contribution in [0.15, 0.2) is 24.3 Å². The molecule has 1 amide bonds. The van der Waals surface area contributed by atoms with Crippen molar-refractivity contribution in [1.29, 1.82) is 0 Å². The van der Waals surface area contributed by atoms with Gasteiger partial charge in [0.15, 0.2) is 0 Å². The molecule has 2 saturated heterocycles. The molecular formula is C17H21ClF2N2O4S. The third kappa shape index (κ3) is 4.05. The first kappa shape index (κ1) is 20.3. The maximum Gasteiger partial charge on any atom is 0.415 e. The average Bonchev–Trinajstić information content (AvgIpc) is 2.76. The van der Waals surface area contributed by atoms with Gasteiger partial charge in [-0.3, -0.25) is 0 Å². The Morgan fingerprint density at radius 3 is 2.44 bits per heavy atom. The molecule has 2 fully saturated rings. The van der Waals surface area contributed by atoms with E-state index in [1.807, 2.05) is 0 Å². The predicted octanol–water partition coefficient (Wildman–Crippen LogP) is 3.36. The van der Waals surface area contributed by atoms with Crippen molar-refractivity contribution in [2.75, 3.05) is 19.6 Å². The van der Waals surface area contributed by atoms with E-state index in [2.05, 4.69) is 0 Å². The van der Waals surface area contributed by atoms with Gasteiger partial charge >= 0.3 is 6.09 Å². The lowest BCUT2D eigenvalue weighted by molar-refractivity contribution is -0.0760. The van der Waals surface area contributed by atoms with Gasteiger partial charge < -0.3 is 9.64 Å². The number of halogens is 3. The molecule has 1 atom stereocenters. The molecule has 0 unspecified atom stereocenters. The van der Waals surface area contributed by atoms with Gasteiger partial charge in [0.05, 0.1) is 11.3 Å². The molecular weight excluding hydrogens is 402 g/mol. The van der Waals surface area contributed by atoms with Crippen molar-refractivity contribution in [3.05, 3.63) is 29.3 Å². The van der Waals surface area contributed by atoms with Crippen molar-refractivity contribution >= 4 is 27.7 Å². The summed E-state index contributed by atoms with van der Waals surface area (Å²) in [5, 5.41) is 0.446. The lowest BCUT2D eigenvalue weighted by atomic mass is 10.0. The van der Waals surface area contributed by atoms with Crippen LogP contribution in [-0.4, -0.2) is 60.1 Å². The topological polar surface area (TPSA) is 66.9 Å². The van der Waals surface area contributed by atoms with E-state index >= 15 is 0 Å². The minimum Gasteiger partial charge on any atom is -0.410 e. The Kier molecular flexibility index (Phi) is 5.15. The first-order valence-corrected chi connectivity index (χ1v) is 10.3. The fraction of sp³-hybridized carbons (Fsp3) is 0.588. The van der Waals surface area contributed by atoms with Crippen LogP contribution in [0.3, 0.4) is 0 Å². The Labute approximate surface area is 162 Å². The summed E-state index contributed by atoms with van der Waals surface area (Å²) in [5.74, 6) is -3.03. The minimum atomic E-state index is -3.72. The van der Waals surface area contributed by atoms with Crippen molar-refractivity contribution in [2.24, 2.45) is 0 Å². The maximum absolute atomic E-state index is 14.3. The normalized spacial score (nSPS) is 26.7. The second kappa shape index (κ2) is 6.86. The lowest BCUT2D eigenvalue weighted by Gasteiger charge is -2.40. The van der Waals surface area contributed by atoms with Gasteiger partial charge in [-0.15, -0.1) is 0 Å². The zero-order valence-corrected chi connectivity index (χ0v) is 16.6. The molecule has 0 saturated carbocycles. The summed E-state index contributed by atoms with van der Waals surface area (Å²) >= 11 is 5.76. The van der Waals surface area contributed by atoms with Gasteiger partial charge in [-0.1, -0.05) is 11.6 Å². The van der Waals surface area contributed by atoms with E-state index in [1.165, 1.54) is 24.3 Å². The van der Waals surface area contributed by atoms with Gasteiger partial charge in [-0.25, -0.2) is 22.0 Å². The summed E-state index contributed by atoms with van der Waals surface area (Å²) in [6, 6.07) is 4.94. The first-order valence-electron chi connectivity index (χ1n) is 8.53. The van der Waals surface area contributed by atoms with E-state index in [1.54, 1.807) is 13.8 Å². The number of hydrogen-bond donors (Lipinski definition) is 0. The Morgan fingerprint density at radius 1 is 1.26 bits per heavy atom. The highest BCUT2D eigenvalue weighted by molar-refractivity contribution is 7.90. The standard InChI is InChI=1S/C17H21ClF2N2O4S/c1-16(2)7-8-22(27(16,24)25)13-9-17(19,20)11-21(10-13)15(23)26-14-5-3-12(18)4-6-14/h3-6,13H,7-11H2,1-2H3/t13-/m1/s1. The summed E-state index contributed by atoms with van der Waals surface area (Å²) in [6.07, 6.45) is -1.21. The number of hydrogen-bond acceptors (Lipinski definition) is 4. The van der Waals surface area contributed by atoms with Crippen molar-refractivity contribution in [3.63, 3.8) is 0 Å². The molecule has 0 N–H and O–H groups in total. The molecule has 150 valence electrons. The lowest BCUT2D eigenvalue weighted by Crippen LogP contribution is -2.58. The second-order valence-electron chi connectivity index (χ2n) is 7.54. The summed E-state index contributed by atoms with van der Waals surface area (Å²) < 4.78 is 59.1. The maximum atomic E-state index is 14.3. The zero-order valence-electron chi connectivity index (χ0n) is 15.0. The van der Waals surface area contributed by atoms with Gasteiger partial charge in [0.25, 0.3) is 5.92 Å². The number of likely N-dealkylation sites (tertiary alicyclic amines) is 1.